The largest absolute Gasteiger partial charge is 0.480 e. The van der Waals surface area contributed by atoms with Gasteiger partial charge in [0.1, 0.15) is 6.04 Å². The number of carbonyl (C=O) groups excluding carboxylic acids is 1. The molecule has 0 heterocycles. The molecule has 1 aromatic carbocycles. The summed E-state index contributed by atoms with van der Waals surface area (Å²) >= 11 is 3.34. The number of halogens is 1. The van der Waals surface area contributed by atoms with E-state index < -0.39 is 26.2 Å². The Morgan fingerprint density at radius 3 is 2.59 bits per heavy atom. The maximum absolute atomic E-state index is 11.7. The molecule has 0 aliphatic rings. The molecule has 2 N–H and O–H groups in total. The zero-order valence-electron chi connectivity index (χ0n) is 13.1. The number of hydrogen-bond acceptors (Lipinski definition) is 3. The summed E-state index contributed by atoms with van der Waals surface area (Å²) in [4.78, 5) is 23.0. The summed E-state index contributed by atoms with van der Waals surface area (Å²) in [5, 5.41) is 11.6. The SMILES string of the molecule is C[Si](C)(C)CCOC(=O)N[C@@H](Cc1cccc(Br)c1)C(=O)O. The molecule has 0 unspecified atom stereocenters. The van der Waals surface area contributed by atoms with Gasteiger partial charge < -0.3 is 15.2 Å². The molecule has 122 valence electrons. The lowest BCUT2D eigenvalue weighted by molar-refractivity contribution is -0.139. The standard InChI is InChI=1S/C15H22BrNO4Si/c1-22(2,3)8-7-21-15(20)17-13(14(18)19)10-11-5-4-6-12(16)9-11/h4-6,9,13H,7-8,10H2,1-3H3,(H,17,20)(H,18,19)/t13-/m0/s1. The van der Waals surface area contributed by atoms with E-state index in [0.29, 0.717) is 6.61 Å². The summed E-state index contributed by atoms with van der Waals surface area (Å²) in [6.45, 7) is 6.87. The van der Waals surface area contributed by atoms with E-state index in [1.54, 1.807) is 0 Å². The van der Waals surface area contributed by atoms with Crippen LogP contribution in [0.5, 0.6) is 0 Å². The highest BCUT2D eigenvalue weighted by Gasteiger charge is 2.22. The van der Waals surface area contributed by atoms with Gasteiger partial charge in [-0.25, -0.2) is 9.59 Å². The summed E-state index contributed by atoms with van der Waals surface area (Å²) in [6.07, 6.45) is -0.474. The second-order valence-electron chi connectivity index (χ2n) is 6.32. The Hall–Kier alpha value is -1.34. The van der Waals surface area contributed by atoms with Crippen molar-refractivity contribution in [2.45, 2.75) is 38.1 Å². The molecule has 7 heteroatoms. The molecule has 0 aliphatic heterocycles. The number of alkyl carbamates (subject to hydrolysis) is 1. The van der Waals surface area contributed by atoms with Crippen LogP contribution >= 0.6 is 15.9 Å². The molecule has 0 saturated carbocycles. The highest BCUT2D eigenvalue weighted by Crippen LogP contribution is 2.13. The number of amides is 1. The summed E-state index contributed by atoms with van der Waals surface area (Å²) < 4.78 is 5.94. The molecule has 0 fully saturated rings. The van der Waals surface area contributed by atoms with E-state index in [0.717, 1.165) is 16.1 Å². The lowest BCUT2D eigenvalue weighted by Crippen LogP contribution is -2.42. The van der Waals surface area contributed by atoms with Crippen LogP contribution < -0.4 is 5.32 Å². The second kappa shape index (κ2) is 8.33. The zero-order chi connectivity index (χ0) is 16.8. The van der Waals surface area contributed by atoms with Gasteiger partial charge in [0.2, 0.25) is 0 Å². The van der Waals surface area contributed by atoms with Crippen LogP contribution in [0.1, 0.15) is 5.56 Å². The molecule has 22 heavy (non-hydrogen) atoms. The van der Waals surface area contributed by atoms with Crippen molar-refractivity contribution in [3.05, 3.63) is 34.3 Å². The Balaban J connectivity index is 2.54. The Bertz CT molecular complexity index is 531. The lowest BCUT2D eigenvalue weighted by Gasteiger charge is -2.17. The molecule has 0 bridgehead atoms. The van der Waals surface area contributed by atoms with E-state index in [1.807, 2.05) is 24.3 Å². The minimum absolute atomic E-state index is 0.206. The summed E-state index contributed by atoms with van der Waals surface area (Å²) in [5.41, 5.74) is 0.823. The lowest BCUT2D eigenvalue weighted by atomic mass is 10.1. The Morgan fingerprint density at radius 1 is 1.36 bits per heavy atom. The molecular formula is C15H22BrNO4Si. The average molecular weight is 388 g/mol. The van der Waals surface area contributed by atoms with Crippen LogP contribution in [0.25, 0.3) is 0 Å². The van der Waals surface area contributed by atoms with Crippen molar-refractivity contribution in [3.63, 3.8) is 0 Å². The fourth-order valence-electron chi connectivity index (χ4n) is 1.73. The van der Waals surface area contributed by atoms with Crippen molar-refractivity contribution >= 4 is 36.1 Å². The van der Waals surface area contributed by atoms with Gasteiger partial charge in [0.25, 0.3) is 0 Å². The van der Waals surface area contributed by atoms with Crippen molar-refractivity contribution in [3.8, 4) is 0 Å². The predicted octanol–water partition coefficient (Wildman–Crippen LogP) is 3.51. The average Bonchev–Trinajstić information content (AvgIpc) is 2.36. The topological polar surface area (TPSA) is 75.6 Å². The number of carbonyl (C=O) groups is 2. The second-order valence-corrected chi connectivity index (χ2v) is 12.9. The third-order valence-corrected chi connectivity index (χ3v) is 5.20. The minimum atomic E-state index is -1.28. The van der Waals surface area contributed by atoms with Crippen LogP contribution in [-0.2, 0) is 16.0 Å². The predicted molar refractivity (Wildman–Crippen MR) is 91.9 cm³/mol. The van der Waals surface area contributed by atoms with Gasteiger partial charge in [-0.15, -0.1) is 0 Å². The van der Waals surface area contributed by atoms with E-state index in [9.17, 15) is 14.7 Å². The molecule has 0 spiro atoms. The Kier molecular flexibility index (Phi) is 7.08. The Morgan fingerprint density at radius 2 is 2.05 bits per heavy atom. The number of aliphatic carboxylic acids is 1. The highest BCUT2D eigenvalue weighted by atomic mass is 79.9. The number of carboxylic acid groups (broad SMARTS) is 1. The van der Waals surface area contributed by atoms with E-state index in [-0.39, 0.29) is 6.42 Å². The van der Waals surface area contributed by atoms with Crippen LogP contribution in [-0.4, -0.2) is 37.9 Å². The molecule has 5 nitrogen and oxygen atoms in total. The van der Waals surface area contributed by atoms with Crippen molar-refractivity contribution in [1.82, 2.24) is 5.32 Å². The van der Waals surface area contributed by atoms with E-state index in [4.69, 9.17) is 4.74 Å². The molecule has 0 saturated heterocycles. The first-order chi connectivity index (χ1) is 10.2. The van der Waals surface area contributed by atoms with Crippen LogP contribution in [0.3, 0.4) is 0 Å². The van der Waals surface area contributed by atoms with Gasteiger partial charge in [-0.1, -0.05) is 47.7 Å². The van der Waals surface area contributed by atoms with Crippen LogP contribution in [0.15, 0.2) is 28.7 Å². The third-order valence-electron chi connectivity index (χ3n) is 3.00. The molecule has 1 rings (SSSR count). The van der Waals surface area contributed by atoms with E-state index in [2.05, 4.69) is 40.9 Å². The van der Waals surface area contributed by atoms with Gasteiger partial charge in [0.05, 0.1) is 6.61 Å². The third kappa shape index (κ3) is 7.60. The van der Waals surface area contributed by atoms with Gasteiger partial charge >= 0.3 is 12.1 Å². The van der Waals surface area contributed by atoms with E-state index >= 15 is 0 Å². The maximum atomic E-state index is 11.7. The van der Waals surface area contributed by atoms with Crippen molar-refractivity contribution in [1.29, 1.82) is 0 Å². The summed E-state index contributed by atoms with van der Waals surface area (Å²) in [5.74, 6) is -1.08. The quantitative estimate of drug-likeness (QED) is 0.701. The number of rotatable bonds is 7. The molecule has 1 amide bonds. The number of carboxylic acids is 1. The highest BCUT2D eigenvalue weighted by molar-refractivity contribution is 9.10. The fraction of sp³-hybridized carbons (Fsp3) is 0.467. The van der Waals surface area contributed by atoms with Gasteiger partial charge in [0.15, 0.2) is 0 Å². The van der Waals surface area contributed by atoms with Crippen molar-refractivity contribution in [2.75, 3.05) is 6.61 Å². The van der Waals surface area contributed by atoms with Gasteiger partial charge in [-0.3, -0.25) is 0 Å². The van der Waals surface area contributed by atoms with Crippen molar-refractivity contribution in [2.24, 2.45) is 0 Å². The van der Waals surface area contributed by atoms with Gasteiger partial charge in [-0.2, -0.15) is 0 Å². The van der Waals surface area contributed by atoms with Crippen LogP contribution in [0.4, 0.5) is 4.79 Å². The smallest absolute Gasteiger partial charge is 0.407 e. The first kappa shape index (κ1) is 18.7. The van der Waals surface area contributed by atoms with Crippen LogP contribution in [0, 0.1) is 0 Å². The molecule has 1 atom stereocenters. The molecule has 1 aromatic rings. The molecule has 0 aliphatic carbocycles. The number of nitrogens with one attached hydrogen (secondary N) is 1. The minimum Gasteiger partial charge on any atom is -0.480 e. The zero-order valence-corrected chi connectivity index (χ0v) is 15.6. The summed E-state index contributed by atoms with van der Waals surface area (Å²) in [6, 6.07) is 7.17. The first-order valence-corrected chi connectivity index (χ1v) is 11.6. The maximum Gasteiger partial charge on any atom is 0.407 e. The molecule has 0 radical (unpaired) electrons. The molecular weight excluding hydrogens is 366 g/mol. The van der Waals surface area contributed by atoms with E-state index in [1.165, 1.54) is 0 Å². The van der Waals surface area contributed by atoms with Gasteiger partial charge in [-0.05, 0) is 23.7 Å². The first-order valence-electron chi connectivity index (χ1n) is 7.08. The number of ether oxygens (including phenoxy) is 1. The van der Waals surface area contributed by atoms with Crippen molar-refractivity contribution < 1.29 is 19.4 Å². The monoisotopic (exact) mass is 387 g/mol. The summed E-state index contributed by atoms with van der Waals surface area (Å²) in [7, 11) is -1.28. The fourth-order valence-corrected chi connectivity index (χ4v) is 2.89. The number of benzene rings is 1. The normalized spacial score (nSPS) is 12.5. The van der Waals surface area contributed by atoms with Gasteiger partial charge in [0, 0.05) is 19.0 Å². The molecule has 0 aromatic heterocycles. The number of hydrogen-bond donors (Lipinski definition) is 2. The van der Waals surface area contributed by atoms with Crippen LogP contribution in [0.2, 0.25) is 25.7 Å². The Labute approximate surface area is 140 Å².